The maximum absolute atomic E-state index is 11.6. The Bertz CT molecular complexity index is 258. The molecule has 2 fully saturated rings. The van der Waals surface area contributed by atoms with Crippen LogP contribution in [0.2, 0.25) is 0 Å². The van der Waals surface area contributed by atoms with Gasteiger partial charge in [0.1, 0.15) is 0 Å². The molecule has 16 heavy (non-hydrogen) atoms. The first-order valence-electron chi connectivity index (χ1n) is 5.59. The van der Waals surface area contributed by atoms with Gasteiger partial charge in [-0.1, -0.05) is 34.4 Å². The number of amides is 2. The molecule has 0 bridgehead atoms. The van der Waals surface area contributed by atoms with Crippen LogP contribution in [0.5, 0.6) is 0 Å². The SMILES string of the molecule is O=C1CSSCC(=O)N[C@@H]2CCCC[C@@H]2N1. The average Bonchev–Trinajstić information content (AvgIpc) is 2.27. The molecule has 6 heteroatoms. The largest absolute Gasteiger partial charge is 0.351 e. The topological polar surface area (TPSA) is 58.2 Å². The molecule has 1 aliphatic carbocycles. The standard InChI is InChI=1S/C10H16N2O2S2/c13-9-5-15-16-6-10(14)12-8-4-2-1-3-7(8)11-9/h7-8H,1-6H2,(H,11,13)(H,12,14)/t7-,8+. The van der Waals surface area contributed by atoms with Gasteiger partial charge in [-0.3, -0.25) is 9.59 Å². The van der Waals surface area contributed by atoms with Crippen LogP contribution in [0, 0.1) is 0 Å². The summed E-state index contributed by atoms with van der Waals surface area (Å²) in [5, 5.41) is 6.04. The number of hydrogen-bond donors (Lipinski definition) is 2. The van der Waals surface area contributed by atoms with Crippen LogP contribution in [0.4, 0.5) is 0 Å². The molecule has 2 aliphatic rings. The Labute approximate surface area is 103 Å². The molecule has 2 amide bonds. The summed E-state index contributed by atoms with van der Waals surface area (Å²) in [7, 11) is 2.89. The van der Waals surface area contributed by atoms with E-state index in [1.165, 1.54) is 21.6 Å². The Balaban J connectivity index is 2.01. The van der Waals surface area contributed by atoms with Crippen LogP contribution >= 0.6 is 21.6 Å². The molecule has 1 aliphatic heterocycles. The van der Waals surface area contributed by atoms with Crippen molar-refractivity contribution in [3.63, 3.8) is 0 Å². The van der Waals surface area contributed by atoms with Crippen LogP contribution in [0.25, 0.3) is 0 Å². The molecule has 0 aromatic carbocycles. The zero-order valence-corrected chi connectivity index (χ0v) is 10.7. The van der Waals surface area contributed by atoms with Gasteiger partial charge < -0.3 is 10.6 Å². The summed E-state index contributed by atoms with van der Waals surface area (Å²) in [5.41, 5.74) is 0. The van der Waals surface area contributed by atoms with Gasteiger partial charge in [0.25, 0.3) is 0 Å². The van der Waals surface area contributed by atoms with Gasteiger partial charge in [-0.2, -0.15) is 0 Å². The number of carbonyl (C=O) groups excluding carboxylic acids is 2. The van der Waals surface area contributed by atoms with Crippen molar-refractivity contribution in [1.82, 2.24) is 10.6 Å². The Morgan fingerprint density at radius 2 is 1.31 bits per heavy atom. The van der Waals surface area contributed by atoms with Crippen LogP contribution in [0.15, 0.2) is 0 Å². The lowest BCUT2D eigenvalue weighted by molar-refractivity contribution is -0.122. The summed E-state index contributed by atoms with van der Waals surface area (Å²) in [6, 6.07) is 0.266. The highest BCUT2D eigenvalue weighted by molar-refractivity contribution is 8.77. The zero-order valence-electron chi connectivity index (χ0n) is 9.03. The van der Waals surface area contributed by atoms with Gasteiger partial charge in [-0.15, -0.1) is 0 Å². The van der Waals surface area contributed by atoms with Crippen LogP contribution in [-0.2, 0) is 9.59 Å². The lowest BCUT2D eigenvalue weighted by atomic mass is 9.90. The summed E-state index contributed by atoms with van der Waals surface area (Å²) >= 11 is 0. The molecule has 4 nitrogen and oxygen atoms in total. The molecule has 2 atom stereocenters. The molecule has 2 N–H and O–H groups in total. The summed E-state index contributed by atoms with van der Waals surface area (Å²) in [5.74, 6) is 1.07. The predicted molar refractivity (Wildman–Crippen MR) is 67.2 cm³/mol. The Kier molecular flexibility index (Phi) is 4.40. The molecule has 0 aromatic rings. The quantitative estimate of drug-likeness (QED) is 0.636. The van der Waals surface area contributed by atoms with Crippen molar-refractivity contribution in [3.05, 3.63) is 0 Å². The fourth-order valence-electron chi connectivity index (χ4n) is 2.16. The number of rotatable bonds is 0. The molecule has 0 spiro atoms. The maximum Gasteiger partial charge on any atom is 0.231 e. The molecule has 90 valence electrons. The fraction of sp³-hybridized carbons (Fsp3) is 0.800. The van der Waals surface area contributed by atoms with Crippen molar-refractivity contribution >= 4 is 33.4 Å². The van der Waals surface area contributed by atoms with E-state index < -0.39 is 0 Å². The second-order valence-corrected chi connectivity index (χ2v) is 6.62. The first-order valence-corrected chi connectivity index (χ1v) is 8.07. The van der Waals surface area contributed by atoms with Gasteiger partial charge in [0.05, 0.1) is 11.5 Å². The molecule has 0 aromatic heterocycles. The molecule has 1 saturated carbocycles. The van der Waals surface area contributed by atoms with E-state index in [1.807, 2.05) is 0 Å². The highest BCUT2D eigenvalue weighted by Gasteiger charge is 2.28. The second-order valence-electron chi connectivity index (χ2n) is 4.16. The van der Waals surface area contributed by atoms with E-state index in [0.29, 0.717) is 11.5 Å². The third-order valence-corrected chi connectivity index (χ3v) is 5.06. The van der Waals surface area contributed by atoms with Crippen molar-refractivity contribution in [2.45, 2.75) is 37.8 Å². The number of hydrogen-bond acceptors (Lipinski definition) is 4. The molecule has 0 radical (unpaired) electrons. The van der Waals surface area contributed by atoms with E-state index in [0.717, 1.165) is 25.7 Å². The van der Waals surface area contributed by atoms with Crippen molar-refractivity contribution in [2.75, 3.05) is 11.5 Å². The Hall–Kier alpha value is -0.360. The highest BCUT2D eigenvalue weighted by atomic mass is 33.1. The highest BCUT2D eigenvalue weighted by Crippen LogP contribution is 2.24. The van der Waals surface area contributed by atoms with Gasteiger partial charge >= 0.3 is 0 Å². The molecular weight excluding hydrogens is 244 g/mol. The van der Waals surface area contributed by atoms with Crippen LogP contribution < -0.4 is 10.6 Å². The van der Waals surface area contributed by atoms with E-state index in [1.54, 1.807) is 0 Å². The van der Waals surface area contributed by atoms with Crippen LogP contribution in [-0.4, -0.2) is 35.4 Å². The van der Waals surface area contributed by atoms with Gasteiger partial charge in [-0.05, 0) is 12.8 Å². The van der Waals surface area contributed by atoms with E-state index in [9.17, 15) is 9.59 Å². The van der Waals surface area contributed by atoms with E-state index >= 15 is 0 Å². The van der Waals surface area contributed by atoms with E-state index in [-0.39, 0.29) is 23.9 Å². The fourth-order valence-corrected chi connectivity index (χ4v) is 3.85. The lowest BCUT2D eigenvalue weighted by Crippen LogP contribution is -2.54. The second kappa shape index (κ2) is 5.82. The normalized spacial score (nSPS) is 32.2. The summed E-state index contributed by atoms with van der Waals surface area (Å²) in [6.45, 7) is 0. The van der Waals surface area contributed by atoms with Gasteiger partial charge in [0, 0.05) is 12.1 Å². The summed E-state index contributed by atoms with van der Waals surface area (Å²) in [6.07, 6.45) is 4.24. The Morgan fingerprint density at radius 3 is 1.75 bits per heavy atom. The number of carbonyl (C=O) groups is 2. The minimum atomic E-state index is 0.0885. The van der Waals surface area contributed by atoms with Gasteiger partial charge in [0.15, 0.2) is 0 Å². The van der Waals surface area contributed by atoms with Crippen LogP contribution in [0.1, 0.15) is 25.7 Å². The minimum absolute atomic E-state index is 0.0885. The summed E-state index contributed by atoms with van der Waals surface area (Å²) in [4.78, 5) is 23.2. The van der Waals surface area contributed by atoms with Crippen molar-refractivity contribution < 1.29 is 9.59 Å². The summed E-state index contributed by atoms with van der Waals surface area (Å²) < 4.78 is 0. The Morgan fingerprint density at radius 1 is 0.875 bits per heavy atom. The maximum atomic E-state index is 11.6. The van der Waals surface area contributed by atoms with Gasteiger partial charge in [0.2, 0.25) is 11.8 Å². The molecule has 0 unspecified atom stereocenters. The first kappa shape index (κ1) is 12.1. The molecular formula is C10H16N2O2S2. The molecule has 1 saturated heterocycles. The smallest absolute Gasteiger partial charge is 0.231 e. The third-order valence-electron chi connectivity index (χ3n) is 2.92. The zero-order chi connectivity index (χ0) is 11.4. The van der Waals surface area contributed by atoms with Crippen molar-refractivity contribution in [1.29, 1.82) is 0 Å². The lowest BCUT2D eigenvalue weighted by Gasteiger charge is -2.33. The van der Waals surface area contributed by atoms with E-state index in [4.69, 9.17) is 0 Å². The molecule has 1 heterocycles. The predicted octanol–water partition coefficient (Wildman–Crippen LogP) is 0.925. The number of nitrogens with one attached hydrogen (secondary N) is 2. The van der Waals surface area contributed by atoms with Gasteiger partial charge in [-0.25, -0.2) is 0 Å². The average molecular weight is 260 g/mol. The third kappa shape index (κ3) is 3.31. The van der Waals surface area contributed by atoms with E-state index in [2.05, 4.69) is 10.6 Å². The van der Waals surface area contributed by atoms with Crippen molar-refractivity contribution in [2.24, 2.45) is 0 Å². The first-order chi connectivity index (χ1) is 7.75. The number of fused-ring (bicyclic) bond motifs is 1. The monoisotopic (exact) mass is 260 g/mol. The van der Waals surface area contributed by atoms with Crippen LogP contribution in [0.3, 0.4) is 0 Å². The molecule has 2 rings (SSSR count). The minimum Gasteiger partial charge on any atom is -0.351 e. The van der Waals surface area contributed by atoms with Crippen molar-refractivity contribution in [3.8, 4) is 0 Å².